The van der Waals surface area contributed by atoms with Crippen molar-refractivity contribution >= 4 is 11.1 Å². The number of alkyl halides is 12. The van der Waals surface area contributed by atoms with Crippen molar-refractivity contribution in [1.82, 2.24) is 0 Å². The van der Waals surface area contributed by atoms with Crippen LogP contribution in [0.3, 0.4) is 0 Å². The molecule has 0 saturated carbocycles. The zero-order valence-electron chi connectivity index (χ0n) is 20.9. The normalized spacial score (nSPS) is 12.0. The maximum Gasteiger partial charge on any atom is 0.417 e. The van der Waals surface area contributed by atoms with Gasteiger partial charge in [0, 0.05) is 21.6 Å². The Hall–Kier alpha value is -5.48. The molecule has 0 aliphatic carbocycles. The molecule has 0 fully saturated rings. The van der Waals surface area contributed by atoms with Crippen molar-refractivity contribution in [2.75, 3.05) is 0 Å². The Morgan fingerprint density at radius 1 is 0.409 bits per heavy atom. The van der Waals surface area contributed by atoms with Gasteiger partial charge >= 0.3 is 24.7 Å². The van der Waals surface area contributed by atoms with Crippen LogP contribution in [-0.4, -0.2) is 0 Å². The summed E-state index contributed by atoms with van der Waals surface area (Å²) >= 11 is 0. The average molecular weight is 628 g/mol. The largest absolute Gasteiger partial charge is 0.417 e. The molecule has 0 aliphatic heterocycles. The zero-order valence-corrected chi connectivity index (χ0v) is 20.9. The summed E-state index contributed by atoms with van der Waals surface area (Å²) in [7, 11) is 0. The predicted octanol–water partition coefficient (Wildman–Crippen LogP) is 7.49. The molecule has 0 bridgehead atoms. The van der Waals surface area contributed by atoms with Gasteiger partial charge in [-0.3, -0.25) is 0 Å². The van der Waals surface area contributed by atoms with Gasteiger partial charge in [0.2, 0.25) is 0 Å². The van der Waals surface area contributed by atoms with E-state index in [2.05, 4.69) is 0 Å². The highest BCUT2D eigenvalue weighted by atomic mass is 19.4. The van der Waals surface area contributed by atoms with Crippen molar-refractivity contribution in [2.45, 2.75) is 24.7 Å². The minimum atomic E-state index is -5.85. The van der Waals surface area contributed by atoms with E-state index >= 15 is 0 Å². The molecular weight excluding hydrogens is 620 g/mol. The van der Waals surface area contributed by atoms with Crippen LogP contribution in [0.1, 0.15) is 22.3 Å². The molecule has 3 rings (SSSR count). The van der Waals surface area contributed by atoms with Gasteiger partial charge < -0.3 is 0 Å². The molecule has 0 radical (unpaired) electrons. The Bertz CT molecular complexity index is 1740. The Morgan fingerprint density at radius 2 is 0.659 bits per heavy atom. The lowest BCUT2D eigenvalue weighted by Crippen LogP contribution is -2.36. The smallest absolute Gasteiger partial charge is 0.192 e. The average Bonchev–Trinajstić information content (AvgIpc) is 2.92. The topological polar surface area (TPSA) is 95.2 Å². The van der Waals surface area contributed by atoms with E-state index < -0.39 is 90.8 Å². The summed E-state index contributed by atoms with van der Waals surface area (Å²) in [5.74, 6) is 0. The molecule has 0 aromatic heterocycles. The molecule has 4 nitrogen and oxygen atoms in total. The first kappa shape index (κ1) is 33.0. The number of benzene rings is 3. The number of rotatable bonds is 2. The summed E-state index contributed by atoms with van der Waals surface area (Å²) in [6.45, 7) is 0. The van der Waals surface area contributed by atoms with Gasteiger partial charge in [-0.05, 0) is 35.4 Å². The van der Waals surface area contributed by atoms with Crippen molar-refractivity contribution in [3.05, 3.63) is 81.2 Å². The monoisotopic (exact) mass is 628 g/mol. The zero-order chi connectivity index (χ0) is 33.4. The van der Waals surface area contributed by atoms with Gasteiger partial charge in [-0.2, -0.15) is 73.7 Å². The van der Waals surface area contributed by atoms with Crippen LogP contribution in [0.4, 0.5) is 52.7 Å². The predicted molar refractivity (Wildman–Crippen MR) is 126 cm³/mol. The van der Waals surface area contributed by atoms with Crippen molar-refractivity contribution in [3.8, 4) is 46.5 Å². The Morgan fingerprint density at radius 3 is 0.841 bits per heavy atom. The molecule has 3 aromatic rings. The van der Waals surface area contributed by atoms with Crippen LogP contribution < -0.4 is 10.4 Å². The molecule has 0 aliphatic rings. The molecule has 44 heavy (non-hydrogen) atoms. The molecule has 3 aromatic carbocycles. The molecule has 0 amide bonds. The van der Waals surface area contributed by atoms with Crippen LogP contribution in [-0.2, 0) is 24.7 Å². The third-order valence-electron chi connectivity index (χ3n) is 6.02. The van der Waals surface area contributed by atoms with E-state index in [9.17, 15) is 73.7 Å². The van der Waals surface area contributed by atoms with E-state index in [0.717, 1.165) is 24.3 Å². The van der Waals surface area contributed by atoms with Crippen molar-refractivity contribution in [3.63, 3.8) is 0 Å². The lowest BCUT2D eigenvalue weighted by atomic mass is 9.82. The second kappa shape index (κ2) is 11.3. The van der Waals surface area contributed by atoms with Crippen molar-refractivity contribution < 1.29 is 52.7 Å². The van der Waals surface area contributed by atoms with Crippen LogP contribution in [0, 0.1) is 45.3 Å². The van der Waals surface area contributed by atoms with Gasteiger partial charge in [0.1, 0.15) is 35.4 Å². The molecule has 0 heterocycles. The second-order valence-electron chi connectivity index (χ2n) is 8.59. The molecule has 224 valence electrons. The number of halogens is 12. The second-order valence-corrected chi connectivity index (χ2v) is 8.59. The minimum Gasteiger partial charge on any atom is -0.192 e. The third-order valence-corrected chi connectivity index (χ3v) is 6.02. The number of nitriles is 4. The SMILES string of the molecule is N#CC(C#N)=c1c(-c2ccc(C(F)(F)F)cc2)c(C(F)(F)F)c(=C(C#N)C#N)c(-c2ccc(C(F)(F)F)cc2)c1C(F)(F)F. The summed E-state index contributed by atoms with van der Waals surface area (Å²) < 4.78 is 168. The van der Waals surface area contributed by atoms with E-state index in [-0.39, 0.29) is 24.3 Å². The molecule has 0 N–H and O–H groups in total. The maximum absolute atomic E-state index is 14.9. The molecular formula is C28H8F12N4. The van der Waals surface area contributed by atoms with E-state index in [0.29, 0.717) is 24.3 Å². The maximum atomic E-state index is 14.9. The molecule has 0 saturated heterocycles. The van der Waals surface area contributed by atoms with Crippen LogP contribution in [0.25, 0.3) is 33.4 Å². The lowest BCUT2D eigenvalue weighted by Gasteiger charge is -2.24. The summed E-state index contributed by atoms with van der Waals surface area (Å²) in [5.41, 5.74) is -16.0. The fraction of sp³-hybridized carbons (Fsp3) is 0.143. The minimum absolute atomic E-state index is 0.202. The highest BCUT2D eigenvalue weighted by Gasteiger charge is 2.45. The van der Waals surface area contributed by atoms with Crippen LogP contribution in [0.2, 0.25) is 0 Å². The first-order chi connectivity index (χ1) is 20.2. The third kappa shape index (κ3) is 6.16. The number of nitrogens with zero attached hydrogens (tertiary/aromatic N) is 4. The van der Waals surface area contributed by atoms with Crippen LogP contribution >= 0.6 is 0 Å². The summed E-state index contributed by atoms with van der Waals surface area (Å²) in [6.07, 6.45) is -21.8. The fourth-order valence-corrected chi connectivity index (χ4v) is 4.32. The first-order valence-electron chi connectivity index (χ1n) is 11.3. The fourth-order valence-electron chi connectivity index (χ4n) is 4.32. The lowest BCUT2D eigenvalue weighted by molar-refractivity contribution is -0.141. The molecule has 0 atom stereocenters. The highest BCUT2D eigenvalue weighted by Crippen LogP contribution is 2.42. The quantitative estimate of drug-likeness (QED) is 0.275. The molecule has 0 spiro atoms. The Balaban J connectivity index is 2.94. The summed E-state index contributed by atoms with van der Waals surface area (Å²) in [6, 6.07) is 6.15. The van der Waals surface area contributed by atoms with E-state index in [4.69, 9.17) is 0 Å². The van der Waals surface area contributed by atoms with E-state index in [1.807, 2.05) is 0 Å². The highest BCUT2D eigenvalue weighted by molar-refractivity contribution is 5.90. The summed E-state index contributed by atoms with van der Waals surface area (Å²) in [5, 5.41) is 34.4. The van der Waals surface area contributed by atoms with Crippen LogP contribution in [0.15, 0.2) is 48.5 Å². The van der Waals surface area contributed by atoms with Gasteiger partial charge in [-0.15, -0.1) is 0 Å². The van der Waals surface area contributed by atoms with Crippen molar-refractivity contribution in [1.29, 1.82) is 21.0 Å². The van der Waals surface area contributed by atoms with E-state index in [1.165, 1.54) is 0 Å². The van der Waals surface area contributed by atoms with Gasteiger partial charge in [0.05, 0.1) is 22.3 Å². The van der Waals surface area contributed by atoms with E-state index in [1.54, 1.807) is 0 Å². The number of hydrogen-bond acceptors (Lipinski definition) is 4. The Labute approximate surface area is 237 Å². The first-order valence-corrected chi connectivity index (χ1v) is 11.3. The Kier molecular flexibility index (Phi) is 8.49. The summed E-state index contributed by atoms with van der Waals surface area (Å²) in [4.78, 5) is 0. The van der Waals surface area contributed by atoms with Gasteiger partial charge in [-0.25, -0.2) is 0 Å². The molecule has 16 heteroatoms. The molecule has 0 unspecified atom stereocenters. The van der Waals surface area contributed by atoms with Crippen LogP contribution in [0.5, 0.6) is 0 Å². The standard InChI is InChI=1S/C28H8F12N4/c29-25(30,31)17-5-1-13(2-6-17)19-21(15(9-41)10-42)24(28(38,39)40)20(14-3-7-18(8-4-14)26(32,33)34)22(16(11-43)12-44)23(19)27(35,36)37/h1-8H. The van der Waals surface area contributed by atoms with Gasteiger partial charge in [0.25, 0.3) is 0 Å². The van der Waals surface area contributed by atoms with Crippen molar-refractivity contribution in [2.24, 2.45) is 0 Å². The van der Waals surface area contributed by atoms with Gasteiger partial charge in [-0.1, -0.05) is 24.3 Å². The number of hydrogen-bond donors (Lipinski definition) is 0. The van der Waals surface area contributed by atoms with Gasteiger partial charge in [0.15, 0.2) is 0 Å².